The molecule has 1 saturated heterocycles. The Balaban J connectivity index is 1.98. The summed E-state index contributed by atoms with van der Waals surface area (Å²) in [6.45, 7) is 4.72. The minimum absolute atomic E-state index is 0.0256. The second kappa shape index (κ2) is 8.50. The number of nitrogens with zero attached hydrogens (tertiary/aromatic N) is 2. The lowest BCUT2D eigenvalue weighted by molar-refractivity contribution is -0.146. The van der Waals surface area contributed by atoms with E-state index in [2.05, 4.69) is 15.2 Å². The van der Waals surface area contributed by atoms with Crippen LogP contribution in [0.2, 0.25) is 0 Å². The highest BCUT2D eigenvalue weighted by molar-refractivity contribution is 5.80. The summed E-state index contributed by atoms with van der Waals surface area (Å²) >= 11 is 0. The molecule has 1 heterocycles. The van der Waals surface area contributed by atoms with Gasteiger partial charge in [-0.15, -0.1) is 0 Å². The van der Waals surface area contributed by atoms with Gasteiger partial charge in [0.05, 0.1) is 19.6 Å². The van der Waals surface area contributed by atoms with Gasteiger partial charge in [-0.3, -0.25) is 4.79 Å². The van der Waals surface area contributed by atoms with Crippen LogP contribution in [0.3, 0.4) is 0 Å². The molecule has 23 heavy (non-hydrogen) atoms. The Labute approximate surface area is 136 Å². The molecule has 0 bridgehead atoms. The summed E-state index contributed by atoms with van der Waals surface area (Å²) < 4.78 is 18.0. The topological polar surface area (TPSA) is 53.9 Å². The molecule has 1 fully saturated rings. The smallest absolute Gasteiger partial charge is 0.308 e. The highest BCUT2D eigenvalue weighted by atomic mass is 19.1. The molecule has 2 rings (SSSR count). The zero-order chi connectivity index (χ0) is 16.7. The Kier molecular flexibility index (Phi) is 6.38. The maximum Gasteiger partial charge on any atom is 0.308 e. The number of hydrogen-bond acceptors (Lipinski definition) is 3. The number of piperidine rings is 1. The van der Waals surface area contributed by atoms with Crippen molar-refractivity contribution in [1.82, 2.24) is 10.2 Å². The first-order valence-electron chi connectivity index (χ1n) is 7.99. The molecule has 0 spiro atoms. The Morgan fingerprint density at radius 2 is 2.17 bits per heavy atom. The first-order valence-corrected chi connectivity index (χ1v) is 7.99. The van der Waals surface area contributed by atoms with Crippen LogP contribution in [0.25, 0.3) is 0 Å². The fraction of sp³-hybridized carbons (Fsp3) is 0.529. The predicted octanol–water partition coefficient (Wildman–Crippen LogP) is 2.18. The molecule has 1 aliphatic rings. The summed E-state index contributed by atoms with van der Waals surface area (Å²) in [6.07, 6.45) is 1.52. The molecule has 126 valence electrons. The number of nitrogens with one attached hydrogen (secondary N) is 1. The normalized spacial score (nSPS) is 16.3. The van der Waals surface area contributed by atoms with Crippen LogP contribution >= 0.6 is 0 Å². The number of carbonyl (C=O) groups excluding carboxylic acids is 1. The van der Waals surface area contributed by atoms with Gasteiger partial charge >= 0.3 is 5.97 Å². The highest BCUT2D eigenvalue weighted by Gasteiger charge is 2.26. The molecule has 6 heteroatoms. The van der Waals surface area contributed by atoms with Gasteiger partial charge in [0, 0.05) is 19.6 Å². The number of guanidine groups is 1. The molecule has 0 saturated carbocycles. The number of aliphatic imine (C=N–C) groups is 1. The summed E-state index contributed by atoms with van der Waals surface area (Å²) in [5, 5.41) is 3.26. The molecule has 0 aliphatic carbocycles. The van der Waals surface area contributed by atoms with Gasteiger partial charge in [0.2, 0.25) is 0 Å². The Bertz CT molecular complexity index is 555. The van der Waals surface area contributed by atoms with Gasteiger partial charge in [0.25, 0.3) is 0 Å². The third-order valence-electron chi connectivity index (χ3n) is 3.96. The van der Waals surface area contributed by atoms with E-state index in [1.54, 1.807) is 6.07 Å². The number of hydrogen-bond donors (Lipinski definition) is 1. The number of rotatable bonds is 4. The molecular formula is C17H24FN3O2. The second-order valence-electron chi connectivity index (χ2n) is 5.58. The number of benzene rings is 1. The van der Waals surface area contributed by atoms with Crippen LogP contribution in [0.1, 0.15) is 25.3 Å². The van der Waals surface area contributed by atoms with Crippen molar-refractivity contribution in [3.05, 3.63) is 35.6 Å². The molecule has 5 nitrogen and oxygen atoms in total. The molecular weight excluding hydrogens is 297 g/mol. The minimum Gasteiger partial charge on any atom is -0.469 e. The molecule has 1 N–H and O–H groups in total. The fourth-order valence-electron chi connectivity index (χ4n) is 2.72. The van der Waals surface area contributed by atoms with E-state index < -0.39 is 0 Å². The van der Waals surface area contributed by atoms with Crippen molar-refractivity contribution in [3.63, 3.8) is 0 Å². The van der Waals surface area contributed by atoms with Gasteiger partial charge in [0.1, 0.15) is 5.82 Å². The largest absolute Gasteiger partial charge is 0.469 e. The van der Waals surface area contributed by atoms with E-state index in [0.29, 0.717) is 6.54 Å². The number of ether oxygens (including phenoxy) is 1. The third kappa shape index (κ3) is 4.94. The van der Waals surface area contributed by atoms with E-state index in [0.717, 1.165) is 44.0 Å². The van der Waals surface area contributed by atoms with E-state index in [1.165, 1.54) is 19.2 Å². The van der Waals surface area contributed by atoms with Crippen molar-refractivity contribution in [2.75, 3.05) is 26.7 Å². The zero-order valence-corrected chi connectivity index (χ0v) is 13.7. The first-order chi connectivity index (χ1) is 11.1. The standard InChI is InChI=1S/C17H24FN3O2/c1-3-19-17(20-12-13-5-4-6-15(18)11-13)21-9-7-14(8-10-21)16(22)23-2/h4-6,11,14H,3,7-10,12H2,1-2H3,(H,19,20). The Hall–Kier alpha value is -2.11. The van der Waals surface area contributed by atoms with Crippen LogP contribution in [-0.4, -0.2) is 43.6 Å². The van der Waals surface area contributed by atoms with Crippen LogP contribution in [0.5, 0.6) is 0 Å². The average Bonchev–Trinajstić information content (AvgIpc) is 2.58. The fourth-order valence-corrected chi connectivity index (χ4v) is 2.72. The van der Waals surface area contributed by atoms with Gasteiger partial charge in [-0.25, -0.2) is 9.38 Å². The molecule has 1 aromatic rings. The van der Waals surface area contributed by atoms with E-state index in [-0.39, 0.29) is 17.7 Å². The molecule has 0 aromatic heterocycles. The van der Waals surface area contributed by atoms with Gasteiger partial charge < -0.3 is 15.0 Å². The van der Waals surface area contributed by atoms with E-state index in [1.807, 2.05) is 13.0 Å². The van der Waals surface area contributed by atoms with E-state index in [9.17, 15) is 9.18 Å². The van der Waals surface area contributed by atoms with E-state index in [4.69, 9.17) is 4.74 Å². The number of esters is 1. The SMILES string of the molecule is CCNC(=NCc1cccc(F)c1)N1CCC(C(=O)OC)CC1. The van der Waals surface area contributed by atoms with Crippen molar-refractivity contribution in [2.24, 2.45) is 10.9 Å². The lowest BCUT2D eigenvalue weighted by atomic mass is 9.97. The third-order valence-corrected chi connectivity index (χ3v) is 3.96. The van der Waals surface area contributed by atoms with Crippen molar-refractivity contribution in [1.29, 1.82) is 0 Å². The lowest BCUT2D eigenvalue weighted by Gasteiger charge is -2.33. The highest BCUT2D eigenvalue weighted by Crippen LogP contribution is 2.18. The number of halogens is 1. The van der Waals surface area contributed by atoms with Crippen LogP contribution in [0, 0.1) is 11.7 Å². The van der Waals surface area contributed by atoms with Gasteiger partial charge in [-0.2, -0.15) is 0 Å². The van der Waals surface area contributed by atoms with E-state index >= 15 is 0 Å². The molecule has 1 aliphatic heterocycles. The maximum atomic E-state index is 13.2. The Morgan fingerprint density at radius 3 is 2.78 bits per heavy atom. The minimum atomic E-state index is -0.249. The quantitative estimate of drug-likeness (QED) is 0.525. The molecule has 0 amide bonds. The molecule has 0 radical (unpaired) electrons. The number of carbonyl (C=O) groups is 1. The molecule has 0 unspecified atom stereocenters. The maximum absolute atomic E-state index is 13.2. The van der Waals surface area contributed by atoms with Crippen LogP contribution in [0.4, 0.5) is 4.39 Å². The summed E-state index contributed by atoms with van der Waals surface area (Å²) in [5.74, 6) is 0.398. The van der Waals surface area contributed by atoms with Crippen LogP contribution in [0.15, 0.2) is 29.3 Å². The first kappa shape index (κ1) is 17.2. The lowest BCUT2D eigenvalue weighted by Crippen LogP contribution is -2.46. The number of likely N-dealkylation sites (tertiary alicyclic amines) is 1. The van der Waals surface area contributed by atoms with Crippen LogP contribution in [-0.2, 0) is 16.1 Å². The predicted molar refractivity (Wildman–Crippen MR) is 87.5 cm³/mol. The zero-order valence-electron chi connectivity index (χ0n) is 13.7. The van der Waals surface area contributed by atoms with Gasteiger partial charge in [0.15, 0.2) is 5.96 Å². The van der Waals surface area contributed by atoms with Crippen molar-refractivity contribution in [2.45, 2.75) is 26.3 Å². The average molecular weight is 321 g/mol. The van der Waals surface area contributed by atoms with Crippen LogP contribution < -0.4 is 5.32 Å². The summed E-state index contributed by atoms with van der Waals surface area (Å²) in [5.41, 5.74) is 0.838. The summed E-state index contributed by atoms with van der Waals surface area (Å²) in [6, 6.07) is 6.47. The summed E-state index contributed by atoms with van der Waals surface area (Å²) in [4.78, 5) is 18.3. The van der Waals surface area contributed by atoms with Crippen molar-refractivity contribution in [3.8, 4) is 0 Å². The van der Waals surface area contributed by atoms with Gasteiger partial charge in [-0.05, 0) is 37.5 Å². The second-order valence-corrected chi connectivity index (χ2v) is 5.58. The molecule has 1 aromatic carbocycles. The molecule has 0 atom stereocenters. The van der Waals surface area contributed by atoms with Crippen molar-refractivity contribution < 1.29 is 13.9 Å². The number of methoxy groups -OCH3 is 1. The Morgan fingerprint density at radius 1 is 1.43 bits per heavy atom. The van der Waals surface area contributed by atoms with Gasteiger partial charge in [-0.1, -0.05) is 12.1 Å². The summed E-state index contributed by atoms with van der Waals surface area (Å²) in [7, 11) is 1.43. The monoisotopic (exact) mass is 321 g/mol. The van der Waals surface area contributed by atoms with Crippen molar-refractivity contribution >= 4 is 11.9 Å².